The van der Waals surface area contributed by atoms with Crippen molar-refractivity contribution < 1.29 is 19.1 Å². The number of carbonyl (C=O) groups is 3. The highest BCUT2D eigenvalue weighted by molar-refractivity contribution is 6.25. The lowest BCUT2D eigenvalue weighted by molar-refractivity contribution is -0.141. The van der Waals surface area contributed by atoms with Gasteiger partial charge in [-0.2, -0.15) is 0 Å². The summed E-state index contributed by atoms with van der Waals surface area (Å²) in [5, 5.41) is 4.96. The van der Waals surface area contributed by atoms with E-state index < -0.39 is 6.04 Å². The molecule has 3 aromatic rings. The van der Waals surface area contributed by atoms with Gasteiger partial charge in [0, 0.05) is 36.5 Å². The Morgan fingerprint density at radius 2 is 1.73 bits per heavy atom. The van der Waals surface area contributed by atoms with E-state index in [2.05, 4.69) is 5.32 Å². The minimum Gasteiger partial charge on any atom is -0.497 e. The molecule has 0 aliphatic carbocycles. The topological polar surface area (TPSA) is 79.0 Å². The van der Waals surface area contributed by atoms with Crippen LogP contribution in [0.25, 0.3) is 10.8 Å². The number of ether oxygens (including phenoxy) is 1. The minimum atomic E-state index is -0.580. The van der Waals surface area contributed by atoms with Crippen LogP contribution in [0.1, 0.15) is 56.0 Å². The lowest BCUT2D eigenvalue weighted by atomic mass is 10.1. The lowest BCUT2D eigenvalue weighted by Crippen LogP contribution is -2.50. The molecule has 3 amide bonds. The molecule has 0 saturated carbocycles. The standard InChI is InChI=1S/C30H35N3O4/c1-5-25(29(35)31-20(2)3)33(19-21-14-16-23(37-4)17-15-21)27(34)13-8-18-32-26-12-7-10-22-9-6-11-24(28(22)26)30(32)36/h6-7,9-12,14-17,20,25H,5,8,13,18-19H2,1-4H3,(H,31,35)/t25-/m0/s1. The predicted octanol–water partition coefficient (Wildman–Crippen LogP) is 4.92. The lowest BCUT2D eigenvalue weighted by Gasteiger charge is -2.31. The van der Waals surface area contributed by atoms with E-state index in [1.54, 1.807) is 16.9 Å². The molecule has 0 aromatic heterocycles. The second-order valence-electron chi connectivity index (χ2n) is 9.70. The van der Waals surface area contributed by atoms with Crippen LogP contribution in [0.2, 0.25) is 0 Å². The highest BCUT2D eigenvalue weighted by Gasteiger charge is 2.31. The molecule has 1 N–H and O–H groups in total. The summed E-state index contributed by atoms with van der Waals surface area (Å²) in [6.45, 7) is 6.49. The van der Waals surface area contributed by atoms with Crippen LogP contribution < -0.4 is 15.0 Å². The van der Waals surface area contributed by atoms with Crippen LogP contribution >= 0.6 is 0 Å². The van der Waals surface area contributed by atoms with Crippen LogP contribution in [0.4, 0.5) is 5.69 Å². The van der Waals surface area contributed by atoms with Gasteiger partial charge in [-0.15, -0.1) is 0 Å². The van der Waals surface area contributed by atoms with Gasteiger partial charge in [-0.25, -0.2) is 0 Å². The Balaban J connectivity index is 1.48. The van der Waals surface area contributed by atoms with Gasteiger partial charge in [-0.05, 0) is 61.9 Å². The number of hydrogen-bond donors (Lipinski definition) is 1. The molecule has 1 aliphatic heterocycles. The Morgan fingerprint density at radius 3 is 2.38 bits per heavy atom. The van der Waals surface area contributed by atoms with Gasteiger partial charge in [-0.3, -0.25) is 14.4 Å². The van der Waals surface area contributed by atoms with E-state index in [9.17, 15) is 14.4 Å². The van der Waals surface area contributed by atoms with Crippen molar-refractivity contribution in [2.24, 2.45) is 0 Å². The monoisotopic (exact) mass is 501 g/mol. The molecule has 0 fully saturated rings. The molecule has 37 heavy (non-hydrogen) atoms. The molecular weight excluding hydrogens is 466 g/mol. The molecule has 4 rings (SSSR count). The van der Waals surface area contributed by atoms with Gasteiger partial charge < -0.3 is 19.9 Å². The summed E-state index contributed by atoms with van der Waals surface area (Å²) in [5.74, 6) is 0.440. The smallest absolute Gasteiger partial charge is 0.258 e. The summed E-state index contributed by atoms with van der Waals surface area (Å²) in [5.41, 5.74) is 2.52. The third-order valence-electron chi connectivity index (χ3n) is 6.75. The summed E-state index contributed by atoms with van der Waals surface area (Å²) >= 11 is 0. The van der Waals surface area contributed by atoms with Gasteiger partial charge in [0.15, 0.2) is 0 Å². The molecule has 1 heterocycles. The zero-order chi connectivity index (χ0) is 26.5. The number of benzene rings is 3. The van der Waals surface area contributed by atoms with E-state index in [0.29, 0.717) is 31.5 Å². The predicted molar refractivity (Wildman–Crippen MR) is 146 cm³/mol. The van der Waals surface area contributed by atoms with Gasteiger partial charge in [0.05, 0.1) is 12.8 Å². The zero-order valence-corrected chi connectivity index (χ0v) is 22.0. The Hall–Kier alpha value is -3.87. The van der Waals surface area contributed by atoms with E-state index in [-0.39, 0.29) is 30.2 Å². The number of hydrogen-bond acceptors (Lipinski definition) is 4. The van der Waals surface area contributed by atoms with Crippen LogP contribution in [0.15, 0.2) is 60.7 Å². The molecule has 0 bridgehead atoms. The molecular formula is C30H35N3O4. The Kier molecular flexibility index (Phi) is 8.11. The van der Waals surface area contributed by atoms with Crippen LogP contribution in [-0.2, 0) is 16.1 Å². The van der Waals surface area contributed by atoms with Crippen molar-refractivity contribution in [1.82, 2.24) is 10.2 Å². The van der Waals surface area contributed by atoms with Crippen LogP contribution in [0, 0.1) is 0 Å². The van der Waals surface area contributed by atoms with Crippen molar-refractivity contribution in [2.45, 2.75) is 58.7 Å². The normalized spacial score (nSPS) is 13.2. The van der Waals surface area contributed by atoms with Gasteiger partial charge in [-0.1, -0.05) is 43.3 Å². The van der Waals surface area contributed by atoms with Crippen molar-refractivity contribution in [3.63, 3.8) is 0 Å². The van der Waals surface area contributed by atoms with Gasteiger partial charge in [0.2, 0.25) is 11.8 Å². The first kappa shape index (κ1) is 26.2. The largest absolute Gasteiger partial charge is 0.497 e. The van der Waals surface area contributed by atoms with Crippen LogP contribution in [0.5, 0.6) is 5.75 Å². The summed E-state index contributed by atoms with van der Waals surface area (Å²) in [7, 11) is 1.61. The van der Waals surface area contributed by atoms with E-state index in [1.807, 2.05) is 81.4 Å². The molecule has 0 unspecified atom stereocenters. The van der Waals surface area contributed by atoms with Crippen molar-refractivity contribution in [2.75, 3.05) is 18.6 Å². The molecule has 0 saturated heterocycles. The highest BCUT2D eigenvalue weighted by Crippen LogP contribution is 2.37. The molecule has 1 atom stereocenters. The zero-order valence-electron chi connectivity index (χ0n) is 22.0. The van der Waals surface area contributed by atoms with Crippen molar-refractivity contribution in [3.05, 3.63) is 71.8 Å². The third kappa shape index (κ3) is 5.61. The highest BCUT2D eigenvalue weighted by atomic mass is 16.5. The average molecular weight is 502 g/mol. The van der Waals surface area contributed by atoms with Crippen molar-refractivity contribution in [1.29, 1.82) is 0 Å². The maximum atomic E-state index is 13.5. The average Bonchev–Trinajstić information content (AvgIpc) is 3.16. The number of methoxy groups -OCH3 is 1. The maximum absolute atomic E-state index is 13.5. The Morgan fingerprint density at radius 1 is 1.03 bits per heavy atom. The van der Waals surface area contributed by atoms with E-state index >= 15 is 0 Å². The molecule has 7 heteroatoms. The number of nitrogens with zero attached hydrogens (tertiary/aromatic N) is 2. The Bertz CT molecular complexity index is 1280. The minimum absolute atomic E-state index is 0.0231. The van der Waals surface area contributed by atoms with Crippen LogP contribution in [0.3, 0.4) is 0 Å². The number of rotatable bonds is 11. The van der Waals surface area contributed by atoms with Gasteiger partial charge >= 0.3 is 0 Å². The molecule has 194 valence electrons. The fraction of sp³-hybridized carbons (Fsp3) is 0.367. The van der Waals surface area contributed by atoms with Crippen molar-refractivity contribution in [3.8, 4) is 5.75 Å². The Labute approximate surface area is 218 Å². The van der Waals surface area contributed by atoms with Crippen LogP contribution in [-0.4, -0.2) is 48.4 Å². The third-order valence-corrected chi connectivity index (χ3v) is 6.75. The molecule has 0 radical (unpaired) electrons. The van der Waals surface area contributed by atoms with E-state index in [4.69, 9.17) is 4.74 Å². The first-order chi connectivity index (χ1) is 17.8. The number of carbonyl (C=O) groups excluding carboxylic acids is 3. The number of anilines is 1. The first-order valence-corrected chi connectivity index (χ1v) is 12.9. The fourth-order valence-corrected chi connectivity index (χ4v) is 4.96. The second-order valence-corrected chi connectivity index (χ2v) is 9.70. The SMILES string of the molecule is CC[C@@H](C(=O)NC(C)C)N(Cc1ccc(OC)cc1)C(=O)CCCN1C(=O)c2cccc3cccc1c23. The van der Waals surface area contributed by atoms with E-state index in [0.717, 1.165) is 27.8 Å². The van der Waals surface area contributed by atoms with Crippen molar-refractivity contribution >= 4 is 34.2 Å². The summed E-state index contributed by atoms with van der Waals surface area (Å²) in [6, 6.07) is 18.6. The first-order valence-electron chi connectivity index (χ1n) is 12.9. The number of nitrogens with one attached hydrogen (secondary N) is 1. The molecule has 0 spiro atoms. The molecule has 1 aliphatic rings. The number of amides is 3. The summed E-state index contributed by atoms with van der Waals surface area (Å²) in [4.78, 5) is 43.1. The fourth-order valence-electron chi connectivity index (χ4n) is 4.96. The summed E-state index contributed by atoms with van der Waals surface area (Å²) in [6.07, 6.45) is 1.23. The second kappa shape index (κ2) is 11.5. The van der Waals surface area contributed by atoms with Gasteiger partial charge in [0.25, 0.3) is 5.91 Å². The van der Waals surface area contributed by atoms with E-state index in [1.165, 1.54) is 0 Å². The van der Waals surface area contributed by atoms with Gasteiger partial charge in [0.1, 0.15) is 11.8 Å². The summed E-state index contributed by atoms with van der Waals surface area (Å²) < 4.78 is 5.25. The molecule has 3 aromatic carbocycles. The maximum Gasteiger partial charge on any atom is 0.258 e. The molecule has 7 nitrogen and oxygen atoms in total. The quantitative estimate of drug-likeness (QED) is 0.405.